The van der Waals surface area contributed by atoms with Gasteiger partial charge >= 0.3 is 0 Å². The number of para-hydroxylation sites is 1. The van der Waals surface area contributed by atoms with E-state index in [0.29, 0.717) is 23.0 Å². The monoisotopic (exact) mass is 397 g/mol. The molecule has 30 heavy (non-hydrogen) atoms. The van der Waals surface area contributed by atoms with E-state index in [2.05, 4.69) is 27.2 Å². The Morgan fingerprint density at radius 2 is 1.83 bits per heavy atom. The Balaban J connectivity index is 1.85. The molecule has 0 aliphatic rings. The number of aromatic nitrogens is 3. The third-order valence-corrected chi connectivity index (χ3v) is 4.55. The van der Waals surface area contributed by atoms with Crippen LogP contribution in [0, 0.1) is 6.92 Å². The number of aryl methyl sites for hydroxylation is 1. The lowest BCUT2D eigenvalue weighted by Gasteiger charge is -2.13. The third kappa shape index (κ3) is 3.81. The zero-order valence-corrected chi connectivity index (χ0v) is 16.3. The summed E-state index contributed by atoms with van der Waals surface area (Å²) < 4.78 is 1.50. The third-order valence-electron chi connectivity index (χ3n) is 4.55. The number of nitrogens with zero attached hydrogens (tertiary/aromatic N) is 3. The highest BCUT2D eigenvalue weighted by Crippen LogP contribution is 2.22. The Bertz CT molecular complexity index is 1310. The van der Waals surface area contributed by atoms with Crippen LogP contribution in [0.2, 0.25) is 0 Å². The first-order valence-corrected chi connectivity index (χ1v) is 9.30. The smallest absolute Gasteiger partial charge is 0.257 e. The number of benzene rings is 2. The lowest BCUT2D eigenvalue weighted by Crippen LogP contribution is -2.20. The fourth-order valence-electron chi connectivity index (χ4n) is 3.13. The van der Waals surface area contributed by atoms with Crippen molar-refractivity contribution in [2.24, 2.45) is 0 Å². The maximum Gasteiger partial charge on any atom is 0.257 e. The second kappa shape index (κ2) is 8.00. The highest BCUT2D eigenvalue weighted by molar-refractivity contribution is 5.99. The average molecular weight is 397 g/mol. The molecule has 0 saturated heterocycles. The molecule has 7 nitrogen and oxygen atoms in total. The first-order chi connectivity index (χ1) is 14.5. The largest absolute Gasteiger partial charge is 0.324 e. The molecule has 148 valence electrons. The molecule has 0 atom stereocenters. The van der Waals surface area contributed by atoms with Crippen molar-refractivity contribution in [1.82, 2.24) is 14.5 Å². The Kier molecular flexibility index (Phi) is 5.09. The molecule has 2 N–H and O–H groups in total. The molecule has 0 radical (unpaired) electrons. The number of carbonyl (C=O) groups excluding carboxylic acids is 1. The van der Waals surface area contributed by atoms with Crippen LogP contribution in [-0.4, -0.2) is 20.4 Å². The standard InChI is InChI=1S/C23H19N5O2/c1-3-20(29)25-17-10-7-11-18(13-17)28-21(30)12-15(2)19-14-24-23(27-22(19)28)26-16-8-5-4-6-9-16/h3-14H,1H2,2H3,(H,25,29)(H,24,26,27). The van der Waals surface area contributed by atoms with Crippen LogP contribution in [0.5, 0.6) is 0 Å². The number of carbonyl (C=O) groups is 1. The van der Waals surface area contributed by atoms with E-state index in [1.807, 2.05) is 37.3 Å². The predicted octanol–water partition coefficient (Wildman–Crippen LogP) is 3.96. The molecule has 0 bridgehead atoms. The summed E-state index contributed by atoms with van der Waals surface area (Å²) in [5, 5.41) is 6.62. The van der Waals surface area contributed by atoms with E-state index in [1.54, 1.807) is 36.5 Å². The topological polar surface area (TPSA) is 88.9 Å². The highest BCUT2D eigenvalue weighted by Gasteiger charge is 2.12. The van der Waals surface area contributed by atoms with Crippen LogP contribution in [0.4, 0.5) is 17.3 Å². The van der Waals surface area contributed by atoms with Gasteiger partial charge in [0.15, 0.2) is 5.65 Å². The lowest BCUT2D eigenvalue weighted by atomic mass is 10.2. The minimum Gasteiger partial charge on any atom is -0.324 e. The van der Waals surface area contributed by atoms with Gasteiger partial charge in [-0.1, -0.05) is 30.8 Å². The van der Waals surface area contributed by atoms with Crippen molar-refractivity contribution in [1.29, 1.82) is 0 Å². The van der Waals surface area contributed by atoms with Crippen molar-refractivity contribution in [3.05, 3.63) is 95.4 Å². The quantitative estimate of drug-likeness (QED) is 0.498. The summed E-state index contributed by atoms with van der Waals surface area (Å²) in [5.41, 5.74) is 3.00. The van der Waals surface area contributed by atoms with Crippen molar-refractivity contribution in [2.75, 3.05) is 10.6 Å². The van der Waals surface area contributed by atoms with Gasteiger partial charge in [-0.15, -0.1) is 0 Å². The first kappa shape index (κ1) is 19.1. The number of hydrogen-bond acceptors (Lipinski definition) is 5. The lowest BCUT2D eigenvalue weighted by molar-refractivity contribution is -0.111. The van der Waals surface area contributed by atoms with Crippen LogP contribution in [0.15, 0.2) is 84.3 Å². The fourth-order valence-corrected chi connectivity index (χ4v) is 3.13. The number of fused-ring (bicyclic) bond motifs is 1. The van der Waals surface area contributed by atoms with Crippen LogP contribution < -0.4 is 16.2 Å². The van der Waals surface area contributed by atoms with E-state index in [1.165, 1.54) is 10.6 Å². The van der Waals surface area contributed by atoms with E-state index in [9.17, 15) is 9.59 Å². The molecular formula is C23H19N5O2. The number of amides is 1. The molecule has 4 rings (SSSR count). The normalized spacial score (nSPS) is 10.6. The molecule has 0 aliphatic carbocycles. The van der Waals surface area contributed by atoms with Crippen LogP contribution in [-0.2, 0) is 4.79 Å². The minimum atomic E-state index is -0.329. The van der Waals surface area contributed by atoms with Gasteiger partial charge in [0.25, 0.3) is 5.56 Å². The van der Waals surface area contributed by atoms with Gasteiger partial charge in [0.1, 0.15) is 0 Å². The van der Waals surface area contributed by atoms with Gasteiger partial charge in [0, 0.05) is 29.0 Å². The molecule has 0 unspecified atom stereocenters. The Labute approximate surface area is 172 Å². The molecule has 1 amide bonds. The Morgan fingerprint density at radius 1 is 1.07 bits per heavy atom. The fraction of sp³-hybridized carbons (Fsp3) is 0.0435. The Hall–Kier alpha value is -4.26. The zero-order valence-electron chi connectivity index (χ0n) is 16.3. The second-order valence-electron chi connectivity index (χ2n) is 6.67. The van der Waals surface area contributed by atoms with E-state index >= 15 is 0 Å². The van der Waals surface area contributed by atoms with Crippen LogP contribution >= 0.6 is 0 Å². The second-order valence-corrected chi connectivity index (χ2v) is 6.67. The predicted molar refractivity (Wildman–Crippen MR) is 118 cm³/mol. The van der Waals surface area contributed by atoms with Crippen LogP contribution in [0.1, 0.15) is 5.56 Å². The number of anilines is 3. The number of pyridine rings is 1. The molecule has 0 spiro atoms. The highest BCUT2D eigenvalue weighted by atomic mass is 16.1. The van der Waals surface area contributed by atoms with E-state index in [4.69, 9.17) is 0 Å². The molecule has 2 aromatic carbocycles. The summed E-state index contributed by atoms with van der Waals surface area (Å²) in [6.45, 7) is 5.30. The van der Waals surface area contributed by atoms with Gasteiger partial charge in [0.2, 0.25) is 11.9 Å². The molecule has 2 heterocycles. The molecule has 0 saturated carbocycles. The summed E-state index contributed by atoms with van der Waals surface area (Å²) in [6.07, 6.45) is 2.89. The maximum absolute atomic E-state index is 12.9. The minimum absolute atomic E-state index is 0.225. The van der Waals surface area contributed by atoms with Crippen molar-refractivity contribution >= 4 is 34.3 Å². The van der Waals surface area contributed by atoms with E-state index in [-0.39, 0.29) is 11.5 Å². The summed E-state index contributed by atoms with van der Waals surface area (Å²) in [5.74, 6) is 0.0495. The number of nitrogens with one attached hydrogen (secondary N) is 2. The van der Waals surface area contributed by atoms with Crippen molar-refractivity contribution in [3.63, 3.8) is 0 Å². The Morgan fingerprint density at radius 3 is 2.60 bits per heavy atom. The molecule has 0 aliphatic heterocycles. The van der Waals surface area contributed by atoms with Gasteiger partial charge in [-0.2, -0.15) is 4.98 Å². The van der Waals surface area contributed by atoms with Crippen molar-refractivity contribution in [3.8, 4) is 5.69 Å². The van der Waals surface area contributed by atoms with Gasteiger partial charge < -0.3 is 10.6 Å². The number of hydrogen-bond donors (Lipinski definition) is 2. The summed E-state index contributed by atoms with van der Waals surface area (Å²) in [6, 6.07) is 18.1. The molecule has 0 fully saturated rings. The SMILES string of the molecule is C=CC(=O)Nc1cccc(-n2c(=O)cc(C)c3cnc(Nc4ccccc4)nc32)c1. The van der Waals surface area contributed by atoms with Crippen molar-refractivity contribution in [2.45, 2.75) is 6.92 Å². The molecular weight excluding hydrogens is 378 g/mol. The molecule has 7 heteroatoms. The first-order valence-electron chi connectivity index (χ1n) is 9.30. The van der Waals surface area contributed by atoms with E-state index < -0.39 is 0 Å². The molecule has 4 aromatic rings. The van der Waals surface area contributed by atoms with Gasteiger partial charge in [-0.05, 0) is 48.9 Å². The molecule has 2 aromatic heterocycles. The summed E-state index contributed by atoms with van der Waals surface area (Å²) >= 11 is 0. The summed E-state index contributed by atoms with van der Waals surface area (Å²) in [7, 11) is 0. The van der Waals surface area contributed by atoms with E-state index in [0.717, 1.165) is 16.6 Å². The number of rotatable bonds is 5. The van der Waals surface area contributed by atoms with Gasteiger partial charge in [-0.25, -0.2) is 4.98 Å². The van der Waals surface area contributed by atoms with Gasteiger partial charge in [0.05, 0.1) is 5.69 Å². The van der Waals surface area contributed by atoms with Crippen LogP contribution in [0.25, 0.3) is 16.7 Å². The maximum atomic E-state index is 12.9. The van der Waals surface area contributed by atoms with Gasteiger partial charge in [-0.3, -0.25) is 14.2 Å². The zero-order chi connectivity index (χ0) is 21.1. The average Bonchev–Trinajstić information content (AvgIpc) is 2.74. The summed E-state index contributed by atoms with van der Waals surface area (Å²) in [4.78, 5) is 33.5. The van der Waals surface area contributed by atoms with Crippen molar-refractivity contribution < 1.29 is 4.79 Å². The van der Waals surface area contributed by atoms with Crippen LogP contribution in [0.3, 0.4) is 0 Å².